The Morgan fingerprint density at radius 2 is 2.14 bits per heavy atom. The molecule has 0 atom stereocenters. The van der Waals surface area contributed by atoms with Crippen LogP contribution in [0.15, 0.2) is 29.3 Å². The topological polar surface area (TPSA) is 17.1 Å². The standard InChI is InChI=1S/C11H16OSSi/c1-9(14(2,3)4)8-10(12)11-6-5-7-13-11/h5-7H,1,8H2,2-4H3. The van der Waals surface area contributed by atoms with Gasteiger partial charge in [-0.05, 0) is 11.4 Å². The Morgan fingerprint density at radius 1 is 1.50 bits per heavy atom. The molecule has 1 nitrogen and oxygen atoms in total. The van der Waals surface area contributed by atoms with E-state index in [4.69, 9.17) is 0 Å². The van der Waals surface area contributed by atoms with Crippen molar-refractivity contribution in [3.63, 3.8) is 0 Å². The molecule has 0 saturated heterocycles. The van der Waals surface area contributed by atoms with E-state index in [-0.39, 0.29) is 5.78 Å². The Kier molecular flexibility index (Phi) is 3.45. The summed E-state index contributed by atoms with van der Waals surface area (Å²) in [5.41, 5.74) is 0. The first kappa shape index (κ1) is 11.4. The first-order chi connectivity index (χ1) is 6.41. The molecule has 0 aromatic carbocycles. The molecular weight excluding hydrogens is 208 g/mol. The second kappa shape index (κ2) is 4.23. The highest BCUT2D eigenvalue weighted by Crippen LogP contribution is 2.20. The molecule has 0 aliphatic heterocycles. The molecule has 0 spiro atoms. The van der Waals surface area contributed by atoms with Crippen molar-refractivity contribution in [2.75, 3.05) is 0 Å². The number of hydrogen-bond acceptors (Lipinski definition) is 2. The van der Waals surface area contributed by atoms with Crippen LogP contribution in [0.2, 0.25) is 19.6 Å². The second-order valence-corrected chi connectivity index (χ2v) is 10.6. The van der Waals surface area contributed by atoms with Gasteiger partial charge in [0.15, 0.2) is 5.78 Å². The van der Waals surface area contributed by atoms with Crippen molar-refractivity contribution < 1.29 is 4.79 Å². The molecule has 76 valence electrons. The van der Waals surface area contributed by atoms with Crippen molar-refractivity contribution in [2.45, 2.75) is 26.1 Å². The fourth-order valence-corrected chi connectivity index (χ4v) is 2.34. The lowest BCUT2D eigenvalue weighted by molar-refractivity contribution is 0.0998. The highest BCUT2D eigenvalue weighted by molar-refractivity contribution is 7.12. The maximum Gasteiger partial charge on any atom is 0.176 e. The molecule has 0 aliphatic carbocycles. The van der Waals surface area contributed by atoms with Crippen molar-refractivity contribution in [3.8, 4) is 0 Å². The highest BCUT2D eigenvalue weighted by Gasteiger charge is 2.20. The van der Waals surface area contributed by atoms with Crippen molar-refractivity contribution in [1.82, 2.24) is 0 Å². The molecule has 1 heterocycles. The number of allylic oxidation sites excluding steroid dienone is 1. The molecule has 1 rings (SSSR count). The Labute approximate surface area is 90.5 Å². The minimum absolute atomic E-state index is 0.215. The van der Waals surface area contributed by atoms with Gasteiger partial charge in [-0.25, -0.2) is 0 Å². The normalized spacial score (nSPS) is 11.4. The van der Waals surface area contributed by atoms with Gasteiger partial charge in [0.25, 0.3) is 0 Å². The minimum atomic E-state index is -1.35. The van der Waals surface area contributed by atoms with Gasteiger partial charge in [0, 0.05) is 6.42 Å². The molecule has 0 fully saturated rings. The Balaban J connectivity index is 2.63. The maximum absolute atomic E-state index is 11.7. The largest absolute Gasteiger partial charge is 0.293 e. The molecule has 14 heavy (non-hydrogen) atoms. The van der Waals surface area contributed by atoms with E-state index in [2.05, 4.69) is 26.2 Å². The molecule has 0 unspecified atom stereocenters. The Hall–Kier alpha value is -0.673. The monoisotopic (exact) mass is 224 g/mol. The Morgan fingerprint density at radius 3 is 2.57 bits per heavy atom. The number of carbonyl (C=O) groups is 1. The van der Waals surface area contributed by atoms with Gasteiger partial charge < -0.3 is 0 Å². The molecule has 0 aliphatic rings. The highest BCUT2D eigenvalue weighted by atomic mass is 32.1. The fourth-order valence-electron chi connectivity index (χ4n) is 0.983. The quantitative estimate of drug-likeness (QED) is 0.562. The van der Waals surface area contributed by atoms with Crippen LogP contribution >= 0.6 is 11.3 Å². The van der Waals surface area contributed by atoms with E-state index in [1.165, 1.54) is 11.3 Å². The lowest BCUT2D eigenvalue weighted by atomic mass is 10.2. The molecule has 0 saturated carbocycles. The van der Waals surface area contributed by atoms with E-state index in [9.17, 15) is 4.79 Å². The summed E-state index contributed by atoms with van der Waals surface area (Å²) in [4.78, 5) is 12.6. The number of ketones is 1. The summed E-state index contributed by atoms with van der Waals surface area (Å²) in [6.07, 6.45) is 0.524. The molecule has 0 bridgehead atoms. The van der Waals surface area contributed by atoms with Crippen LogP contribution in [0.5, 0.6) is 0 Å². The fraction of sp³-hybridized carbons (Fsp3) is 0.364. The van der Waals surface area contributed by atoms with E-state index in [0.717, 1.165) is 10.1 Å². The number of rotatable bonds is 4. The second-order valence-electron chi connectivity index (χ2n) is 4.43. The summed E-state index contributed by atoms with van der Waals surface area (Å²) in [5, 5.41) is 3.07. The number of Topliss-reactive ketones (excluding diaryl/α,β-unsaturated/α-hetero) is 1. The molecular formula is C11H16OSSi. The van der Waals surface area contributed by atoms with Crippen LogP contribution in [0, 0.1) is 0 Å². The van der Waals surface area contributed by atoms with Crippen LogP contribution in [0.25, 0.3) is 0 Å². The number of carbonyl (C=O) groups excluding carboxylic acids is 1. The minimum Gasteiger partial charge on any atom is -0.293 e. The zero-order valence-electron chi connectivity index (χ0n) is 8.96. The average molecular weight is 224 g/mol. The summed E-state index contributed by atoms with van der Waals surface area (Å²) in [6, 6.07) is 3.79. The van der Waals surface area contributed by atoms with E-state index < -0.39 is 8.07 Å². The third-order valence-corrected chi connectivity index (χ3v) is 5.44. The Bertz CT molecular complexity index is 333. The summed E-state index contributed by atoms with van der Waals surface area (Å²) in [5.74, 6) is 0.215. The zero-order chi connectivity index (χ0) is 10.8. The van der Waals surface area contributed by atoms with Gasteiger partial charge in [-0.15, -0.1) is 17.9 Å². The average Bonchev–Trinajstić information content (AvgIpc) is 2.53. The summed E-state index contributed by atoms with van der Waals surface area (Å²) in [6.45, 7) is 10.7. The lowest BCUT2D eigenvalue weighted by Gasteiger charge is -2.18. The predicted molar refractivity (Wildman–Crippen MR) is 65.8 cm³/mol. The maximum atomic E-state index is 11.7. The third-order valence-electron chi connectivity index (χ3n) is 2.23. The third kappa shape index (κ3) is 2.92. The lowest BCUT2D eigenvalue weighted by Crippen LogP contribution is -2.24. The molecule has 3 heteroatoms. The van der Waals surface area contributed by atoms with Crippen molar-refractivity contribution in [3.05, 3.63) is 34.2 Å². The van der Waals surface area contributed by atoms with Gasteiger partial charge in [-0.3, -0.25) is 4.79 Å². The molecule has 1 aromatic heterocycles. The van der Waals surface area contributed by atoms with Crippen LogP contribution in [0.4, 0.5) is 0 Å². The van der Waals surface area contributed by atoms with Gasteiger partial charge in [-0.1, -0.05) is 30.9 Å². The van der Waals surface area contributed by atoms with Crippen molar-refractivity contribution in [1.29, 1.82) is 0 Å². The summed E-state index contributed by atoms with van der Waals surface area (Å²) in [7, 11) is -1.35. The van der Waals surface area contributed by atoms with Gasteiger partial charge >= 0.3 is 0 Å². The van der Waals surface area contributed by atoms with Crippen molar-refractivity contribution >= 4 is 25.2 Å². The molecule has 1 aromatic rings. The van der Waals surface area contributed by atoms with E-state index >= 15 is 0 Å². The first-order valence-corrected chi connectivity index (χ1v) is 9.04. The van der Waals surface area contributed by atoms with Crippen molar-refractivity contribution in [2.24, 2.45) is 0 Å². The summed E-state index contributed by atoms with van der Waals surface area (Å²) >= 11 is 1.51. The molecule has 0 N–H and O–H groups in total. The zero-order valence-corrected chi connectivity index (χ0v) is 10.8. The van der Waals surface area contributed by atoms with Gasteiger partial charge in [0.1, 0.15) is 0 Å². The molecule has 0 radical (unpaired) electrons. The van der Waals surface area contributed by atoms with Crippen LogP contribution in [-0.4, -0.2) is 13.9 Å². The smallest absolute Gasteiger partial charge is 0.176 e. The van der Waals surface area contributed by atoms with E-state index in [1.807, 2.05) is 17.5 Å². The number of thiophene rings is 1. The van der Waals surface area contributed by atoms with Crippen LogP contribution < -0.4 is 0 Å². The summed E-state index contributed by atoms with van der Waals surface area (Å²) < 4.78 is 0. The number of hydrogen-bond donors (Lipinski definition) is 0. The van der Waals surface area contributed by atoms with E-state index in [0.29, 0.717) is 6.42 Å². The first-order valence-electron chi connectivity index (χ1n) is 4.66. The van der Waals surface area contributed by atoms with Crippen LogP contribution in [-0.2, 0) is 0 Å². The predicted octanol–water partition coefficient (Wildman–Crippen LogP) is 3.75. The van der Waals surface area contributed by atoms with E-state index in [1.54, 1.807) is 0 Å². The van der Waals surface area contributed by atoms with Gasteiger partial charge in [0.2, 0.25) is 0 Å². The van der Waals surface area contributed by atoms with Crippen LogP contribution in [0.3, 0.4) is 0 Å². The van der Waals surface area contributed by atoms with Gasteiger partial charge in [-0.2, -0.15) is 0 Å². The van der Waals surface area contributed by atoms with Crippen LogP contribution in [0.1, 0.15) is 16.1 Å². The van der Waals surface area contributed by atoms with Gasteiger partial charge in [0.05, 0.1) is 13.0 Å². The molecule has 0 amide bonds. The SMILES string of the molecule is C=C(CC(=O)c1cccs1)[Si](C)(C)C.